The lowest BCUT2D eigenvalue weighted by atomic mass is 10.0. The number of benzene rings is 1. The normalized spacial score (nSPS) is 11.4. The van der Waals surface area contributed by atoms with Gasteiger partial charge in [-0.05, 0) is 30.5 Å². The molecule has 142 valence electrons. The smallest absolute Gasteiger partial charge is 0.254 e. The number of fused-ring (bicyclic) bond motifs is 1. The van der Waals surface area contributed by atoms with Crippen LogP contribution in [0.1, 0.15) is 47.1 Å². The van der Waals surface area contributed by atoms with E-state index in [0.29, 0.717) is 22.2 Å². The fourth-order valence-corrected chi connectivity index (χ4v) is 3.51. The molecule has 0 unspecified atom stereocenters. The van der Waals surface area contributed by atoms with E-state index >= 15 is 0 Å². The number of halogens is 2. The Morgan fingerprint density at radius 3 is 2.67 bits per heavy atom. The van der Waals surface area contributed by atoms with Crippen LogP contribution in [0, 0.1) is 6.92 Å². The number of hydrogen-bond donors (Lipinski definition) is 0. The lowest BCUT2D eigenvalue weighted by Crippen LogP contribution is -2.27. The van der Waals surface area contributed by atoms with Crippen molar-refractivity contribution in [1.29, 1.82) is 0 Å². The van der Waals surface area contributed by atoms with E-state index in [2.05, 4.69) is 18.9 Å². The quantitative estimate of drug-likeness (QED) is 0.615. The zero-order valence-electron chi connectivity index (χ0n) is 16.0. The highest BCUT2D eigenvalue weighted by Gasteiger charge is 2.22. The van der Waals surface area contributed by atoms with Gasteiger partial charge in [0.05, 0.1) is 26.7 Å². The van der Waals surface area contributed by atoms with Gasteiger partial charge < -0.3 is 4.90 Å². The molecule has 0 saturated carbocycles. The molecule has 0 fully saturated rings. The maximum absolute atomic E-state index is 13.3. The number of rotatable bonds is 4. The number of nitrogens with zero attached hydrogens (tertiary/aromatic N) is 4. The Labute approximate surface area is 168 Å². The highest BCUT2D eigenvalue weighted by Crippen LogP contribution is 2.28. The summed E-state index contributed by atoms with van der Waals surface area (Å²) >= 11 is 12.4. The van der Waals surface area contributed by atoms with Crippen molar-refractivity contribution in [3.63, 3.8) is 0 Å². The van der Waals surface area contributed by atoms with Gasteiger partial charge in [-0.2, -0.15) is 5.10 Å². The molecule has 7 heteroatoms. The van der Waals surface area contributed by atoms with Crippen LogP contribution in [0.4, 0.5) is 0 Å². The van der Waals surface area contributed by atoms with E-state index in [-0.39, 0.29) is 11.8 Å². The SMILES string of the molecule is Cc1nn(C)c2nc(C(C)C)cc(C(=O)N(C)Cc3cccc(Cl)c3Cl)c12. The van der Waals surface area contributed by atoms with Crippen molar-refractivity contribution in [3.05, 3.63) is 56.8 Å². The fourth-order valence-electron chi connectivity index (χ4n) is 3.13. The lowest BCUT2D eigenvalue weighted by molar-refractivity contribution is 0.0787. The Bertz CT molecular complexity index is 1030. The number of aromatic nitrogens is 3. The maximum Gasteiger partial charge on any atom is 0.254 e. The monoisotopic (exact) mass is 404 g/mol. The average molecular weight is 405 g/mol. The van der Waals surface area contributed by atoms with Crippen molar-refractivity contribution in [3.8, 4) is 0 Å². The van der Waals surface area contributed by atoms with Crippen molar-refractivity contribution >= 4 is 40.1 Å². The third-order valence-corrected chi connectivity index (χ3v) is 5.45. The lowest BCUT2D eigenvalue weighted by Gasteiger charge is -2.20. The van der Waals surface area contributed by atoms with E-state index in [1.807, 2.05) is 32.2 Å². The van der Waals surface area contributed by atoms with Crippen LogP contribution in [0.5, 0.6) is 0 Å². The molecule has 0 bridgehead atoms. The summed E-state index contributed by atoms with van der Waals surface area (Å²) in [4.78, 5) is 19.6. The van der Waals surface area contributed by atoms with Crippen molar-refractivity contribution < 1.29 is 4.79 Å². The van der Waals surface area contributed by atoms with Gasteiger partial charge in [0.15, 0.2) is 5.65 Å². The summed E-state index contributed by atoms with van der Waals surface area (Å²) in [5, 5.41) is 6.19. The Hall–Kier alpha value is -2.11. The van der Waals surface area contributed by atoms with Gasteiger partial charge in [-0.15, -0.1) is 0 Å². The molecule has 27 heavy (non-hydrogen) atoms. The predicted octanol–water partition coefficient (Wildman–Crippen LogP) is 4.98. The molecular weight excluding hydrogens is 383 g/mol. The standard InChI is InChI=1S/C20H22Cl2N4O/c1-11(2)16-9-14(17-12(3)24-26(5)19(17)23-16)20(27)25(4)10-13-7-6-8-15(21)18(13)22/h6-9,11H,10H2,1-5H3. The van der Waals surface area contributed by atoms with Crippen LogP contribution in [0.25, 0.3) is 11.0 Å². The van der Waals surface area contributed by atoms with Gasteiger partial charge in [0.2, 0.25) is 0 Å². The number of hydrogen-bond acceptors (Lipinski definition) is 3. The fraction of sp³-hybridized carbons (Fsp3) is 0.350. The molecular formula is C20H22Cl2N4O. The van der Waals surface area contributed by atoms with Crippen LogP contribution in [0.15, 0.2) is 24.3 Å². The molecule has 0 aliphatic rings. The predicted molar refractivity (Wildman–Crippen MR) is 110 cm³/mol. The third kappa shape index (κ3) is 3.66. The summed E-state index contributed by atoms with van der Waals surface area (Å²) in [7, 11) is 3.60. The second kappa shape index (κ2) is 7.49. The minimum Gasteiger partial charge on any atom is -0.337 e. The van der Waals surface area contributed by atoms with E-state index in [0.717, 1.165) is 28.0 Å². The number of aryl methyl sites for hydroxylation is 2. The van der Waals surface area contributed by atoms with Gasteiger partial charge in [0.25, 0.3) is 5.91 Å². The molecule has 0 saturated heterocycles. The molecule has 0 N–H and O–H groups in total. The zero-order valence-corrected chi connectivity index (χ0v) is 17.6. The van der Waals surface area contributed by atoms with Crippen LogP contribution in [0.2, 0.25) is 10.0 Å². The molecule has 0 spiro atoms. The van der Waals surface area contributed by atoms with Gasteiger partial charge in [0, 0.05) is 26.3 Å². The van der Waals surface area contributed by atoms with Gasteiger partial charge in [0.1, 0.15) is 0 Å². The number of amides is 1. The van der Waals surface area contributed by atoms with Crippen LogP contribution in [-0.2, 0) is 13.6 Å². The van der Waals surface area contributed by atoms with E-state index in [9.17, 15) is 4.79 Å². The summed E-state index contributed by atoms with van der Waals surface area (Å²) in [6.07, 6.45) is 0. The Kier molecular flexibility index (Phi) is 5.45. The average Bonchev–Trinajstić information content (AvgIpc) is 2.91. The van der Waals surface area contributed by atoms with Crippen LogP contribution >= 0.6 is 23.2 Å². The molecule has 0 aliphatic heterocycles. The minimum atomic E-state index is -0.101. The van der Waals surface area contributed by atoms with E-state index in [1.54, 1.807) is 22.7 Å². The largest absolute Gasteiger partial charge is 0.337 e. The number of carbonyl (C=O) groups is 1. The zero-order chi connectivity index (χ0) is 19.9. The summed E-state index contributed by atoms with van der Waals surface area (Å²) in [6, 6.07) is 7.30. The van der Waals surface area contributed by atoms with Gasteiger partial charge in [-0.3, -0.25) is 9.48 Å². The van der Waals surface area contributed by atoms with Crippen molar-refractivity contribution in [2.24, 2.45) is 7.05 Å². The van der Waals surface area contributed by atoms with E-state index in [1.165, 1.54) is 0 Å². The summed E-state index contributed by atoms with van der Waals surface area (Å²) in [6.45, 7) is 6.37. The molecule has 0 aliphatic carbocycles. The molecule has 3 rings (SSSR count). The minimum absolute atomic E-state index is 0.101. The maximum atomic E-state index is 13.3. The Morgan fingerprint density at radius 2 is 2.00 bits per heavy atom. The first-order valence-corrected chi connectivity index (χ1v) is 9.49. The molecule has 3 aromatic rings. The summed E-state index contributed by atoms with van der Waals surface area (Å²) < 4.78 is 1.72. The Morgan fingerprint density at radius 1 is 1.30 bits per heavy atom. The number of carbonyl (C=O) groups excluding carboxylic acids is 1. The highest BCUT2D eigenvalue weighted by molar-refractivity contribution is 6.42. The molecule has 2 heterocycles. The molecule has 0 radical (unpaired) electrons. The summed E-state index contributed by atoms with van der Waals surface area (Å²) in [5.41, 5.74) is 3.78. The third-order valence-electron chi connectivity index (χ3n) is 4.60. The highest BCUT2D eigenvalue weighted by atomic mass is 35.5. The van der Waals surface area contributed by atoms with Crippen LogP contribution in [-0.4, -0.2) is 32.6 Å². The molecule has 5 nitrogen and oxygen atoms in total. The van der Waals surface area contributed by atoms with Crippen molar-refractivity contribution in [1.82, 2.24) is 19.7 Å². The first kappa shape index (κ1) is 19.6. The van der Waals surface area contributed by atoms with Crippen molar-refractivity contribution in [2.75, 3.05) is 7.05 Å². The van der Waals surface area contributed by atoms with Crippen LogP contribution < -0.4 is 0 Å². The Balaban J connectivity index is 2.05. The van der Waals surface area contributed by atoms with Gasteiger partial charge in [-0.25, -0.2) is 4.98 Å². The van der Waals surface area contributed by atoms with E-state index < -0.39 is 0 Å². The first-order chi connectivity index (χ1) is 12.7. The van der Waals surface area contributed by atoms with Gasteiger partial charge >= 0.3 is 0 Å². The van der Waals surface area contributed by atoms with Crippen molar-refractivity contribution in [2.45, 2.75) is 33.2 Å². The molecule has 2 aromatic heterocycles. The van der Waals surface area contributed by atoms with E-state index in [4.69, 9.17) is 28.2 Å². The summed E-state index contributed by atoms with van der Waals surface area (Å²) in [5.74, 6) is 0.0975. The second-order valence-electron chi connectivity index (χ2n) is 7.03. The number of pyridine rings is 1. The molecule has 0 atom stereocenters. The first-order valence-electron chi connectivity index (χ1n) is 8.73. The molecule has 1 aromatic carbocycles. The topological polar surface area (TPSA) is 51.0 Å². The van der Waals surface area contributed by atoms with Crippen LogP contribution in [0.3, 0.4) is 0 Å². The second-order valence-corrected chi connectivity index (χ2v) is 7.82. The van der Waals surface area contributed by atoms with Gasteiger partial charge in [-0.1, -0.05) is 49.2 Å². The molecule has 1 amide bonds.